The molecule has 2 atom stereocenters. The van der Waals surface area contributed by atoms with Gasteiger partial charge in [0.25, 0.3) is 0 Å². The number of benzene rings is 2. The minimum Gasteiger partial charge on any atom is -0.476 e. The summed E-state index contributed by atoms with van der Waals surface area (Å²) < 4.78 is 11.5. The van der Waals surface area contributed by atoms with Gasteiger partial charge in [0.15, 0.2) is 0 Å². The molecule has 2 aromatic rings. The maximum Gasteiger partial charge on any atom is 0.377 e. The number of hydrogen-bond donors (Lipinski definition) is 1. The highest BCUT2D eigenvalue weighted by atomic mass is 35.5. The zero-order valence-electron chi connectivity index (χ0n) is 12.2. The maximum absolute atomic E-state index is 11.6. The molecule has 4 nitrogen and oxygen atoms in total. The molecule has 0 spiro atoms. The summed E-state index contributed by atoms with van der Waals surface area (Å²) in [6, 6.07) is 14.5. The molecule has 0 amide bonds. The molecule has 1 heterocycles. The Morgan fingerprint density at radius 1 is 1.14 bits per heavy atom. The van der Waals surface area contributed by atoms with Crippen molar-refractivity contribution in [2.45, 2.75) is 25.2 Å². The van der Waals surface area contributed by atoms with Gasteiger partial charge in [0.05, 0.1) is 0 Å². The van der Waals surface area contributed by atoms with E-state index in [2.05, 4.69) is 0 Å². The van der Waals surface area contributed by atoms with Crippen LogP contribution in [0.15, 0.2) is 48.5 Å². The minimum atomic E-state index is -1.77. The fourth-order valence-electron chi connectivity index (χ4n) is 2.70. The summed E-state index contributed by atoms with van der Waals surface area (Å²) in [5, 5.41) is 10.0. The molecular weight excluding hydrogens is 304 g/mol. The summed E-state index contributed by atoms with van der Waals surface area (Å²) in [5.41, 5.74) is 0.548. The van der Waals surface area contributed by atoms with Crippen LogP contribution in [0.2, 0.25) is 5.02 Å². The van der Waals surface area contributed by atoms with E-state index in [1.54, 1.807) is 18.2 Å². The lowest BCUT2D eigenvalue weighted by Gasteiger charge is -2.44. The van der Waals surface area contributed by atoms with Crippen LogP contribution in [0.4, 0.5) is 0 Å². The lowest BCUT2D eigenvalue weighted by Crippen LogP contribution is -2.53. The fraction of sp³-hybridized carbons (Fsp3) is 0.235. The van der Waals surface area contributed by atoms with Crippen LogP contribution in [0.25, 0.3) is 0 Å². The number of carbonyl (C=O) groups is 1. The zero-order valence-corrected chi connectivity index (χ0v) is 12.9. The zero-order chi connectivity index (χ0) is 16.0. The lowest BCUT2D eigenvalue weighted by atomic mass is 9.86. The number of rotatable bonds is 2. The number of carboxylic acid groups (broad SMARTS) is 1. The van der Waals surface area contributed by atoms with Crippen molar-refractivity contribution in [3.63, 3.8) is 0 Å². The van der Waals surface area contributed by atoms with Gasteiger partial charge in [-0.1, -0.05) is 41.9 Å². The molecule has 0 aromatic heterocycles. The second kappa shape index (κ2) is 5.00. The molecular formula is C17H15ClO4. The first-order valence-corrected chi connectivity index (χ1v) is 7.21. The van der Waals surface area contributed by atoms with Gasteiger partial charge in [0, 0.05) is 17.5 Å². The summed E-state index contributed by atoms with van der Waals surface area (Å²) in [5.74, 6) is -2.51. The smallest absolute Gasteiger partial charge is 0.377 e. The van der Waals surface area contributed by atoms with Crippen molar-refractivity contribution in [1.82, 2.24) is 0 Å². The standard InChI is InChI=1S/C17H15ClO4/c1-16(11-6-4-3-5-7-11)13-10-12(18)8-9-14(13)21-17(2,22-16)15(19)20/h3-10H,1-2H3,(H,19,20)/t16-,17+/m1/s1. The molecule has 3 rings (SSSR count). The van der Waals surface area contributed by atoms with Crippen LogP contribution in [-0.4, -0.2) is 16.9 Å². The van der Waals surface area contributed by atoms with Crippen LogP contribution in [0, 0.1) is 0 Å². The van der Waals surface area contributed by atoms with Crippen LogP contribution in [-0.2, 0) is 15.1 Å². The monoisotopic (exact) mass is 318 g/mol. The Kier molecular flexibility index (Phi) is 3.38. The van der Waals surface area contributed by atoms with E-state index in [-0.39, 0.29) is 0 Å². The van der Waals surface area contributed by atoms with Crippen molar-refractivity contribution in [3.8, 4) is 5.75 Å². The third kappa shape index (κ3) is 2.25. The van der Waals surface area contributed by atoms with Gasteiger partial charge in [-0.25, -0.2) is 4.79 Å². The quantitative estimate of drug-likeness (QED) is 0.914. The molecule has 1 aliphatic rings. The molecule has 0 aliphatic carbocycles. The molecule has 22 heavy (non-hydrogen) atoms. The third-order valence-electron chi connectivity index (χ3n) is 3.87. The van der Waals surface area contributed by atoms with Gasteiger partial charge in [-0.15, -0.1) is 0 Å². The van der Waals surface area contributed by atoms with Crippen molar-refractivity contribution in [3.05, 3.63) is 64.7 Å². The third-order valence-corrected chi connectivity index (χ3v) is 4.11. The van der Waals surface area contributed by atoms with E-state index >= 15 is 0 Å². The number of hydrogen-bond acceptors (Lipinski definition) is 3. The van der Waals surface area contributed by atoms with Gasteiger partial charge in [-0.3, -0.25) is 0 Å². The Hall–Kier alpha value is -2.04. The average Bonchev–Trinajstić information content (AvgIpc) is 2.49. The molecule has 1 N–H and O–H groups in total. The molecule has 1 aliphatic heterocycles. The Morgan fingerprint density at radius 3 is 2.45 bits per heavy atom. The van der Waals surface area contributed by atoms with Crippen molar-refractivity contribution in [2.24, 2.45) is 0 Å². The molecule has 0 saturated heterocycles. The normalized spacial score (nSPS) is 26.9. The molecule has 0 radical (unpaired) electrons. The predicted molar refractivity (Wildman–Crippen MR) is 82.1 cm³/mol. The van der Waals surface area contributed by atoms with E-state index in [0.29, 0.717) is 16.3 Å². The molecule has 5 heteroatoms. The number of ether oxygens (including phenoxy) is 2. The first-order chi connectivity index (χ1) is 10.3. The van der Waals surface area contributed by atoms with E-state index in [9.17, 15) is 9.90 Å². The van der Waals surface area contributed by atoms with Gasteiger partial charge in [-0.05, 0) is 30.7 Å². The van der Waals surface area contributed by atoms with E-state index in [4.69, 9.17) is 21.1 Å². The van der Waals surface area contributed by atoms with Gasteiger partial charge in [0.1, 0.15) is 11.4 Å². The fourth-order valence-corrected chi connectivity index (χ4v) is 2.87. The molecule has 0 unspecified atom stereocenters. The van der Waals surface area contributed by atoms with Gasteiger partial charge in [-0.2, -0.15) is 0 Å². The maximum atomic E-state index is 11.6. The van der Waals surface area contributed by atoms with Crippen LogP contribution in [0.5, 0.6) is 5.75 Å². The highest BCUT2D eigenvalue weighted by molar-refractivity contribution is 6.30. The van der Waals surface area contributed by atoms with Gasteiger partial charge < -0.3 is 14.6 Å². The Bertz CT molecular complexity index is 731. The molecule has 114 valence electrons. The Balaban J connectivity index is 2.24. The number of fused-ring (bicyclic) bond motifs is 1. The summed E-state index contributed by atoms with van der Waals surface area (Å²) in [6.45, 7) is 3.22. The first kappa shape index (κ1) is 14.9. The van der Waals surface area contributed by atoms with E-state index < -0.39 is 17.4 Å². The molecule has 0 saturated carbocycles. The van der Waals surface area contributed by atoms with Crippen LogP contribution in [0.1, 0.15) is 25.0 Å². The molecule has 0 fully saturated rings. The van der Waals surface area contributed by atoms with Crippen LogP contribution >= 0.6 is 11.6 Å². The molecule has 2 aromatic carbocycles. The van der Waals surface area contributed by atoms with E-state index in [0.717, 1.165) is 5.56 Å². The predicted octanol–water partition coefficient (Wildman–Crippen LogP) is 3.81. The highest BCUT2D eigenvalue weighted by Gasteiger charge is 2.51. The van der Waals surface area contributed by atoms with E-state index in [1.165, 1.54) is 6.92 Å². The topological polar surface area (TPSA) is 55.8 Å². The number of halogens is 1. The van der Waals surface area contributed by atoms with Gasteiger partial charge >= 0.3 is 11.8 Å². The first-order valence-electron chi connectivity index (χ1n) is 6.83. The van der Waals surface area contributed by atoms with Crippen molar-refractivity contribution in [2.75, 3.05) is 0 Å². The lowest BCUT2D eigenvalue weighted by molar-refractivity contribution is -0.249. The van der Waals surface area contributed by atoms with Crippen LogP contribution in [0.3, 0.4) is 0 Å². The number of aliphatic carboxylic acids is 1. The van der Waals surface area contributed by atoms with Crippen LogP contribution < -0.4 is 4.74 Å². The van der Waals surface area contributed by atoms with Gasteiger partial charge in [0.2, 0.25) is 0 Å². The summed E-state index contributed by atoms with van der Waals surface area (Å²) >= 11 is 6.10. The summed E-state index contributed by atoms with van der Waals surface area (Å²) in [6.07, 6.45) is 0. The summed E-state index contributed by atoms with van der Waals surface area (Å²) in [4.78, 5) is 11.6. The average molecular weight is 319 g/mol. The van der Waals surface area contributed by atoms with Crippen molar-refractivity contribution in [1.29, 1.82) is 0 Å². The second-order valence-corrected chi connectivity index (χ2v) is 5.93. The largest absolute Gasteiger partial charge is 0.476 e. The Labute approximate surface area is 133 Å². The van der Waals surface area contributed by atoms with Crippen molar-refractivity contribution >= 4 is 17.6 Å². The highest BCUT2D eigenvalue weighted by Crippen LogP contribution is 2.47. The van der Waals surface area contributed by atoms with Crippen molar-refractivity contribution < 1.29 is 19.4 Å². The summed E-state index contributed by atoms with van der Waals surface area (Å²) in [7, 11) is 0. The molecule has 0 bridgehead atoms. The van der Waals surface area contributed by atoms with E-state index in [1.807, 2.05) is 37.3 Å². The Morgan fingerprint density at radius 2 is 1.82 bits per heavy atom. The second-order valence-electron chi connectivity index (χ2n) is 5.49. The SMILES string of the molecule is C[C@]1(C(=O)O)Oc2ccc(Cl)cc2[C@@](C)(c2ccccc2)O1. The minimum absolute atomic E-state index is 0.451. The number of carboxylic acids is 1.